The zero-order valence-electron chi connectivity index (χ0n) is 6.97. The Balaban J connectivity index is 3.46. The van der Waals surface area contributed by atoms with Crippen LogP contribution in [0.5, 0.6) is 5.75 Å². The fourth-order valence-electron chi connectivity index (χ4n) is 0.959. The molecule has 3 heteroatoms. The summed E-state index contributed by atoms with van der Waals surface area (Å²) in [6.45, 7) is 5.62. The third-order valence-electron chi connectivity index (χ3n) is 1.99. The Morgan fingerprint density at radius 2 is 1.73 bits per heavy atom. The van der Waals surface area contributed by atoms with Crippen LogP contribution >= 0.6 is 0 Å². The number of aryl methyl sites for hydroxylation is 1. The Kier molecular flexibility index (Phi) is 1.72. The highest BCUT2D eigenvalue weighted by molar-refractivity contribution is 5.53. The number of aromatic nitrogens is 1. The predicted octanol–water partition coefficient (Wildman–Crippen LogP) is 1.29. The van der Waals surface area contributed by atoms with Crippen molar-refractivity contribution in [2.24, 2.45) is 0 Å². The highest BCUT2D eigenvalue weighted by Crippen LogP contribution is 2.26. The van der Waals surface area contributed by atoms with E-state index in [4.69, 9.17) is 5.73 Å². The Morgan fingerprint density at radius 3 is 2.27 bits per heavy atom. The molecule has 11 heavy (non-hydrogen) atoms. The summed E-state index contributed by atoms with van der Waals surface area (Å²) in [7, 11) is 0. The van der Waals surface area contributed by atoms with Gasteiger partial charge in [0.25, 0.3) is 0 Å². The topological polar surface area (TPSA) is 59.1 Å². The van der Waals surface area contributed by atoms with Gasteiger partial charge in [-0.05, 0) is 31.9 Å². The maximum Gasteiger partial charge on any atom is 0.166 e. The molecule has 0 aliphatic carbocycles. The lowest BCUT2D eigenvalue weighted by Gasteiger charge is -2.07. The number of anilines is 1. The SMILES string of the molecule is Cc1nc(N)c(O)c(C)c1C. The van der Waals surface area contributed by atoms with E-state index < -0.39 is 0 Å². The maximum absolute atomic E-state index is 9.32. The molecule has 1 aromatic rings. The molecule has 0 bridgehead atoms. The molecule has 0 saturated carbocycles. The zero-order valence-corrected chi connectivity index (χ0v) is 6.97. The highest BCUT2D eigenvalue weighted by atomic mass is 16.3. The minimum Gasteiger partial charge on any atom is -0.504 e. The van der Waals surface area contributed by atoms with Crippen molar-refractivity contribution < 1.29 is 5.11 Å². The number of hydrogen-bond acceptors (Lipinski definition) is 3. The summed E-state index contributed by atoms with van der Waals surface area (Å²) in [5.74, 6) is 0.318. The van der Waals surface area contributed by atoms with Gasteiger partial charge in [0, 0.05) is 5.69 Å². The van der Waals surface area contributed by atoms with E-state index in [-0.39, 0.29) is 11.6 Å². The second-order valence-corrected chi connectivity index (χ2v) is 2.68. The Morgan fingerprint density at radius 1 is 1.18 bits per heavy atom. The van der Waals surface area contributed by atoms with E-state index in [0.29, 0.717) is 0 Å². The summed E-state index contributed by atoms with van der Waals surface area (Å²) >= 11 is 0. The van der Waals surface area contributed by atoms with Gasteiger partial charge in [-0.25, -0.2) is 4.98 Å². The lowest BCUT2D eigenvalue weighted by atomic mass is 10.1. The molecule has 1 heterocycles. The number of nitrogens with zero attached hydrogens (tertiary/aromatic N) is 1. The second-order valence-electron chi connectivity index (χ2n) is 2.68. The summed E-state index contributed by atoms with van der Waals surface area (Å²) in [6.07, 6.45) is 0. The molecule has 0 aromatic carbocycles. The van der Waals surface area contributed by atoms with Crippen LogP contribution in [0.2, 0.25) is 0 Å². The van der Waals surface area contributed by atoms with Crippen LogP contribution < -0.4 is 5.73 Å². The molecule has 1 rings (SSSR count). The average Bonchev–Trinajstić information content (AvgIpc) is 1.97. The molecule has 0 atom stereocenters. The Hall–Kier alpha value is -1.25. The van der Waals surface area contributed by atoms with Crippen LogP contribution in [-0.2, 0) is 0 Å². The van der Waals surface area contributed by atoms with Gasteiger partial charge in [0.1, 0.15) is 0 Å². The first-order chi connectivity index (χ1) is 5.04. The van der Waals surface area contributed by atoms with Crippen molar-refractivity contribution in [2.45, 2.75) is 20.8 Å². The molecule has 3 N–H and O–H groups in total. The van der Waals surface area contributed by atoms with E-state index in [1.807, 2.05) is 20.8 Å². The summed E-state index contributed by atoms with van der Waals surface area (Å²) in [5.41, 5.74) is 8.11. The fraction of sp³-hybridized carbons (Fsp3) is 0.375. The lowest BCUT2D eigenvalue weighted by Crippen LogP contribution is -1.98. The molecule has 0 saturated heterocycles. The van der Waals surface area contributed by atoms with Gasteiger partial charge in [-0.15, -0.1) is 0 Å². The van der Waals surface area contributed by atoms with Gasteiger partial charge in [0.2, 0.25) is 0 Å². The maximum atomic E-state index is 9.32. The highest BCUT2D eigenvalue weighted by Gasteiger charge is 2.07. The number of aromatic hydroxyl groups is 1. The summed E-state index contributed by atoms with van der Waals surface area (Å²) in [6, 6.07) is 0. The van der Waals surface area contributed by atoms with Crippen molar-refractivity contribution in [3.05, 3.63) is 16.8 Å². The number of rotatable bonds is 0. The van der Waals surface area contributed by atoms with Crippen molar-refractivity contribution in [1.82, 2.24) is 4.98 Å². The molecule has 0 aliphatic rings. The first kappa shape index (κ1) is 7.85. The van der Waals surface area contributed by atoms with Gasteiger partial charge in [-0.1, -0.05) is 0 Å². The van der Waals surface area contributed by atoms with Gasteiger partial charge >= 0.3 is 0 Å². The third-order valence-corrected chi connectivity index (χ3v) is 1.99. The van der Waals surface area contributed by atoms with Gasteiger partial charge < -0.3 is 10.8 Å². The van der Waals surface area contributed by atoms with Crippen LogP contribution in [0, 0.1) is 20.8 Å². The molecule has 1 aromatic heterocycles. The van der Waals surface area contributed by atoms with E-state index in [1.54, 1.807) is 0 Å². The lowest BCUT2D eigenvalue weighted by molar-refractivity contribution is 0.470. The number of hydrogen-bond donors (Lipinski definition) is 2. The van der Waals surface area contributed by atoms with Crippen LogP contribution in [0.3, 0.4) is 0 Å². The van der Waals surface area contributed by atoms with Crippen LogP contribution in [0.1, 0.15) is 16.8 Å². The molecule has 0 fully saturated rings. The van der Waals surface area contributed by atoms with Crippen molar-refractivity contribution in [2.75, 3.05) is 5.73 Å². The van der Waals surface area contributed by atoms with Crippen molar-refractivity contribution in [1.29, 1.82) is 0 Å². The summed E-state index contributed by atoms with van der Waals surface area (Å²) in [5, 5.41) is 9.32. The number of pyridine rings is 1. The molecular weight excluding hydrogens is 140 g/mol. The third kappa shape index (κ3) is 1.13. The molecule has 0 unspecified atom stereocenters. The van der Waals surface area contributed by atoms with E-state index in [1.165, 1.54) is 0 Å². The first-order valence-electron chi connectivity index (χ1n) is 3.46. The van der Waals surface area contributed by atoms with Crippen molar-refractivity contribution >= 4 is 5.82 Å². The Labute approximate surface area is 65.9 Å². The zero-order chi connectivity index (χ0) is 8.59. The van der Waals surface area contributed by atoms with Crippen LogP contribution in [0.25, 0.3) is 0 Å². The van der Waals surface area contributed by atoms with E-state index >= 15 is 0 Å². The van der Waals surface area contributed by atoms with Crippen LogP contribution in [0.15, 0.2) is 0 Å². The van der Waals surface area contributed by atoms with Gasteiger partial charge in [0.15, 0.2) is 11.6 Å². The average molecular weight is 152 g/mol. The molecule has 60 valence electrons. The fourth-order valence-corrected chi connectivity index (χ4v) is 0.959. The standard InChI is InChI=1S/C8H12N2O/c1-4-5(2)7(11)8(9)10-6(4)3/h11H,1-3H3,(H2,9,10). The normalized spacial score (nSPS) is 10.1. The van der Waals surface area contributed by atoms with Crippen LogP contribution in [-0.4, -0.2) is 10.1 Å². The van der Waals surface area contributed by atoms with Gasteiger partial charge in [0.05, 0.1) is 0 Å². The number of nitrogen functional groups attached to an aromatic ring is 1. The largest absolute Gasteiger partial charge is 0.504 e. The number of nitrogens with two attached hydrogens (primary N) is 1. The molecule has 0 amide bonds. The smallest absolute Gasteiger partial charge is 0.166 e. The molecule has 0 radical (unpaired) electrons. The first-order valence-corrected chi connectivity index (χ1v) is 3.46. The second kappa shape index (κ2) is 2.42. The minimum atomic E-state index is 0.105. The van der Waals surface area contributed by atoms with Crippen molar-refractivity contribution in [3.63, 3.8) is 0 Å². The molecule has 0 spiro atoms. The van der Waals surface area contributed by atoms with E-state index in [0.717, 1.165) is 16.8 Å². The molecule has 3 nitrogen and oxygen atoms in total. The van der Waals surface area contributed by atoms with E-state index in [2.05, 4.69) is 4.98 Å². The molecular formula is C8H12N2O. The van der Waals surface area contributed by atoms with Gasteiger partial charge in [-0.3, -0.25) is 0 Å². The monoisotopic (exact) mass is 152 g/mol. The quantitative estimate of drug-likeness (QED) is 0.589. The van der Waals surface area contributed by atoms with Gasteiger partial charge in [-0.2, -0.15) is 0 Å². The predicted molar refractivity (Wildman–Crippen MR) is 44.5 cm³/mol. The van der Waals surface area contributed by atoms with Crippen molar-refractivity contribution in [3.8, 4) is 5.75 Å². The minimum absolute atomic E-state index is 0.105. The van der Waals surface area contributed by atoms with E-state index in [9.17, 15) is 5.11 Å². The summed E-state index contributed by atoms with van der Waals surface area (Å²) < 4.78 is 0. The Bertz CT molecular complexity index is 268. The molecule has 0 aliphatic heterocycles. The summed E-state index contributed by atoms with van der Waals surface area (Å²) in [4.78, 5) is 3.96. The van der Waals surface area contributed by atoms with Crippen LogP contribution in [0.4, 0.5) is 5.82 Å².